The molecule has 3 rings (SSSR count). The molecule has 2 fully saturated rings. The summed E-state index contributed by atoms with van der Waals surface area (Å²) in [4.78, 5) is 14.0. The number of piperidine rings is 1. The number of carbonyl (C=O) groups excluding carboxylic acids is 1. The van der Waals surface area contributed by atoms with Crippen LogP contribution in [0.25, 0.3) is 0 Å². The third-order valence-corrected chi connectivity index (χ3v) is 4.62. The van der Waals surface area contributed by atoms with Crippen LogP contribution in [-0.2, 0) is 10.4 Å². The Morgan fingerprint density at radius 1 is 1.32 bits per heavy atom. The largest absolute Gasteiger partial charge is 0.497 e. The summed E-state index contributed by atoms with van der Waals surface area (Å²) in [6.45, 7) is 1.91. The van der Waals surface area contributed by atoms with Gasteiger partial charge in [-0.3, -0.25) is 9.69 Å². The third-order valence-electron chi connectivity index (χ3n) is 4.62. The molecule has 1 amide bonds. The van der Waals surface area contributed by atoms with Gasteiger partial charge in [0.15, 0.2) is 0 Å². The van der Waals surface area contributed by atoms with E-state index in [-0.39, 0.29) is 5.91 Å². The summed E-state index contributed by atoms with van der Waals surface area (Å²) in [5.41, 5.74) is 0.130. The van der Waals surface area contributed by atoms with Gasteiger partial charge < -0.3 is 15.2 Å². The van der Waals surface area contributed by atoms with Gasteiger partial charge in [0, 0.05) is 19.1 Å². The van der Waals surface area contributed by atoms with Crippen molar-refractivity contribution in [3.8, 4) is 5.75 Å². The number of benzene rings is 1. The topological polar surface area (TPSA) is 61.8 Å². The Balaban J connectivity index is 1.53. The predicted octanol–water partition coefficient (Wildman–Crippen LogP) is 1.26. The first-order chi connectivity index (χ1) is 10.6. The zero-order chi connectivity index (χ0) is 15.6. The van der Waals surface area contributed by atoms with E-state index in [2.05, 4.69) is 10.2 Å². The summed E-state index contributed by atoms with van der Waals surface area (Å²) in [5, 5.41) is 13.9. The van der Waals surface area contributed by atoms with E-state index in [1.165, 1.54) is 0 Å². The monoisotopic (exact) mass is 304 g/mol. The van der Waals surface area contributed by atoms with E-state index in [4.69, 9.17) is 4.74 Å². The van der Waals surface area contributed by atoms with Gasteiger partial charge in [-0.2, -0.15) is 0 Å². The fourth-order valence-corrected chi connectivity index (χ4v) is 2.98. The summed E-state index contributed by atoms with van der Waals surface area (Å²) >= 11 is 0. The van der Waals surface area contributed by atoms with Gasteiger partial charge in [-0.05, 0) is 43.4 Å². The van der Waals surface area contributed by atoms with Crippen LogP contribution in [-0.4, -0.2) is 48.7 Å². The molecule has 0 bridgehead atoms. The highest BCUT2D eigenvalue weighted by atomic mass is 16.5. The van der Waals surface area contributed by atoms with Crippen molar-refractivity contribution in [1.82, 2.24) is 10.2 Å². The lowest BCUT2D eigenvalue weighted by Crippen LogP contribution is -2.46. The average molecular weight is 304 g/mol. The maximum Gasteiger partial charge on any atom is 0.234 e. The molecule has 5 nitrogen and oxygen atoms in total. The van der Waals surface area contributed by atoms with Crippen LogP contribution in [0.3, 0.4) is 0 Å². The molecule has 1 aliphatic heterocycles. The molecule has 0 radical (unpaired) electrons. The number of rotatable bonds is 5. The first kappa shape index (κ1) is 15.3. The highest BCUT2D eigenvalue weighted by Crippen LogP contribution is 2.33. The quantitative estimate of drug-likeness (QED) is 0.860. The molecule has 1 aromatic rings. The molecule has 1 aliphatic carbocycles. The molecule has 22 heavy (non-hydrogen) atoms. The Morgan fingerprint density at radius 2 is 1.95 bits per heavy atom. The molecule has 1 saturated heterocycles. The number of aliphatic hydroxyl groups is 1. The molecule has 0 spiro atoms. The van der Waals surface area contributed by atoms with Crippen LogP contribution in [0.15, 0.2) is 24.3 Å². The van der Waals surface area contributed by atoms with Crippen molar-refractivity contribution in [2.24, 2.45) is 0 Å². The molecule has 0 unspecified atom stereocenters. The standard InChI is InChI=1S/C17H24N2O3/c1-22-15-6-2-13(3-7-15)17(21)8-10-19(11-9-17)12-16(20)18-14-4-5-14/h2-3,6-7,14,21H,4-5,8-12H2,1H3,(H,18,20). The number of carbonyl (C=O) groups is 1. The Kier molecular flexibility index (Phi) is 4.36. The molecule has 1 heterocycles. The second-order valence-electron chi connectivity index (χ2n) is 6.38. The minimum Gasteiger partial charge on any atom is -0.497 e. The van der Waals surface area contributed by atoms with Crippen molar-refractivity contribution >= 4 is 5.91 Å². The minimum atomic E-state index is -0.796. The Bertz CT molecular complexity index is 517. The number of nitrogens with one attached hydrogen (secondary N) is 1. The van der Waals surface area contributed by atoms with Gasteiger partial charge in [0.1, 0.15) is 5.75 Å². The maximum absolute atomic E-state index is 11.8. The van der Waals surface area contributed by atoms with Crippen molar-refractivity contribution in [2.45, 2.75) is 37.3 Å². The summed E-state index contributed by atoms with van der Waals surface area (Å²) in [6.07, 6.45) is 3.53. The molecular weight excluding hydrogens is 280 g/mol. The summed E-state index contributed by atoms with van der Waals surface area (Å²) in [6, 6.07) is 8.02. The predicted molar refractivity (Wildman–Crippen MR) is 83.7 cm³/mol. The van der Waals surface area contributed by atoms with E-state index in [1.54, 1.807) is 7.11 Å². The van der Waals surface area contributed by atoms with Crippen molar-refractivity contribution in [1.29, 1.82) is 0 Å². The Hall–Kier alpha value is -1.59. The van der Waals surface area contributed by atoms with Crippen molar-refractivity contribution in [3.63, 3.8) is 0 Å². The number of ether oxygens (including phenoxy) is 1. The van der Waals surface area contributed by atoms with E-state index in [1.807, 2.05) is 24.3 Å². The molecule has 1 saturated carbocycles. The molecule has 5 heteroatoms. The van der Waals surface area contributed by atoms with E-state index in [0.29, 0.717) is 25.4 Å². The molecule has 120 valence electrons. The smallest absolute Gasteiger partial charge is 0.234 e. The van der Waals surface area contributed by atoms with Crippen LogP contribution in [0.5, 0.6) is 5.75 Å². The highest BCUT2D eigenvalue weighted by Gasteiger charge is 2.34. The highest BCUT2D eigenvalue weighted by molar-refractivity contribution is 5.78. The van der Waals surface area contributed by atoms with Gasteiger partial charge >= 0.3 is 0 Å². The average Bonchev–Trinajstić information content (AvgIpc) is 3.34. The van der Waals surface area contributed by atoms with Crippen molar-refractivity contribution < 1.29 is 14.6 Å². The zero-order valence-corrected chi connectivity index (χ0v) is 13.0. The first-order valence-electron chi connectivity index (χ1n) is 7.98. The number of likely N-dealkylation sites (tertiary alicyclic amines) is 1. The molecule has 2 aliphatic rings. The second-order valence-corrected chi connectivity index (χ2v) is 6.38. The summed E-state index contributed by atoms with van der Waals surface area (Å²) in [7, 11) is 1.63. The van der Waals surface area contributed by atoms with Gasteiger partial charge in [-0.1, -0.05) is 12.1 Å². The Labute approximate surface area is 131 Å². The van der Waals surface area contributed by atoms with E-state index < -0.39 is 5.60 Å². The fourth-order valence-electron chi connectivity index (χ4n) is 2.98. The fraction of sp³-hybridized carbons (Fsp3) is 0.588. The summed E-state index contributed by atoms with van der Waals surface area (Å²) < 4.78 is 5.15. The minimum absolute atomic E-state index is 0.109. The van der Waals surface area contributed by atoms with Crippen LogP contribution in [0.4, 0.5) is 0 Å². The normalized spacial score (nSPS) is 21.4. The number of amides is 1. The lowest BCUT2D eigenvalue weighted by Gasteiger charge is -2.38. The Morgan fingerprint density at radius 3 is 2.50 bits per heavy atom. The summed E-state index contributed by atoms with van der Waals surface area (Å²) in [5.74, 6) is 0.902. The molecule has 0 atom stereocenters. The van der Waals surface area contributed by atoms with Crippen LogP contribution >= 0.6 is 0 Å². The molecule has 0 aromatic heterocycles. The van der Waals surface area contributed by atoms with Gasteiger partial charge in [-0.15, -0.1) is 0 Å². The zero-order valence-electron chi connectivity index (χ0n) is 13.0. The van der Waals surface area contributed by atoms with E-state index in [9.17, 15) is 9.90 Å². The van der Waals surface area contributed by atoms with Gasteiger partial charge in [0.2, 0.25) is 5.91 Å². The number of methoxy groups -OCH3 is 1. The molecule has 2 N–H and O–H groups in total. The second kappa shape index (κ2) is 6.26. The molecule has 1 aromatic carbocycles. The SMILES string of the molecule is COc1ccc(C2(O)CCN(CC(=O)NC3CC3)CC2)cc1. The van der Waals surface area contributed by atoms with Gasteiger partial charge in [0.05, 0.1) is 19.3 Å². The lowest BCUT2D eigenvalue weighted by atomic mass is 9.84. The van der Waals surface area contributed by atoms with Gasteiger partial charge in [-0.25, -0.2) is 0 Å². The number of hydrogen-bond donors (Lipinski definition) is 2. The maximum atomic E-state index is 11.8. The van der Waals surface area contributed by atoms with Crippen LogP contribution in [0, 0.1) is 0 Å². The van der Waals surface area contributed by atoms with E-state index >= 15 is 0 Å². The van der Waals surface area contributed by atoms with Gasteiger partial charge in [0.25, 0.3) is 0 Å². The van der Waals surface area contributed by atoms with Crippen molar-refractivity contribution in [2.75, 3.05) is 26.7 Å². The third kappa shape index (κ3) is 3.59. The first-order valence-corrected chi connectivity index (χ1v) is 7.98. The van der Waals surface area contributed by atoms with Crippen LogP contribution < -0.4 is 10.1 Å². The van der Waals surface area contributed by atoms with E-state index in [0.717, 1.165) is 37.2 Å². The van der Waals surface area contributed by atoms with Crippen LogP contribution in [0.1, 0.15) is 31.2 Å². The van der Waals surface area contributed by atoms with Crippen molar-refractivity contribution in [3.05, 3.63) is 29.8 Å². The molecular formula is C17H24N2O3. The number of nitrogens with zero attached hydrogens (tertiary/aromatic N) is 1. The van der Waals surface area contributed by atoms with Crippen LogP contribution in [0.2, 0.25) is 0 Å². The lowest BCUT2D eigenvalue weighted by molar-refractivity contribution is -0.123. The number of hydrogen-bond acceptors (Lipinski definition) is 4.